The monoisotopic (exact) mass is 282 g/mol. The van der Waals surface area contributed by atoms with Crippen LogP contribution in [0.25, 0.3) is 0 Å². The number of carbonyl (C=O) groups is 1. The lowest BCUT2D eigenvalue weighted by atomic mass is 10.1. The van der Waals surface area contributed by atoms with Gasteiger partial charge in [0.25, 0.3) is 5.91 Å². The second-order valence-corrected chi connectivity index (χ2v) is 5.18. The third kappa shape index (κ3) is 3.24. The van der Waals surface area contributed by atoms with E-state index in [4.69, 9.17) is 0 Å². The molecule has 0 radical (unpaired) electrons. The second kappa shape index (κ2) is 6.44. The molecule has 21 heavy (non-hydrogen) atoms. The fraction of sp³-hybridized carbons (Fsp3) is 0.278. The minimum absolute atomic E-state index is 0.0106. The average Bonchev–Trinajstić information content (AvgIpc) is 2.53. The number of benzene rings is 2. The predicted molar refractivity (Wildman–Crippen MR) is 89.3 cm³/mol. The lowest BCUT2D eigenvalue weighted by molar-refractivity contribution is 0.0994. The molecule has 0 heterocycles. The van der Waals surface area contributed by atoms with E-state index in [9.17, 15) is 4.79 Å². The maximum absolute atomic E-state index is 12.7. The first-order valence-corrected chi connectivity index (χ1v) is 7.22. The molecular weight excluding hydrogens is 260 g/mol. The summed E-state index contributed by atoms with van der Waals surface area (Å²) in [5.41, 5.74) is 4.85. The van der Waals surface area contributed by atoms with Crippen molar-refractivity contribution in [2.75, 3.05) is 24.3 Å². The maximum atomic E-state index is 12.7. The molecule has 0 aromatic heterocycles. The third-order valence-electron chi connectivity index (χ3n) is 3.71. The van der Waals surface area contributed by atoms with E-state index in [0.717, 1.165) is 23.4 Å². The first kappa shape index (κ1) is 15.1. The van der Waals surface area contributed by atoms with Crippen molar-refractivity contribution in [2.24, 2.45) is 0 Å². The van der Waals surface area contributed by atoms with Crippen LogP contribution in [-0.2, 0) is 6.42 Å². The highest BCUT2D eigenvalue weighted by atomic mass is 16.2. The van der Waals surface area contributed by atoms with Crippen molar-refractivity contribution in [3.8, 4) is 0 Å². The Morgan fingerprint density at radius 1 is 1.14 bits per heavy atom. The molecule has 0 aliphatic carbocycles. The van der Waals surface area contributed by atoms with Crippen LogP contribution in [0.2, 0.25) is 0 Å². The zero-order valence-electron chi connectivity index (χ0n) is 13.1. The summed E-state index contributed by atoms with van der Waals surface area (Å²) in [6.45, 7) is 4.14. The molecule has 2 aromatic rings. The van der Waals surface area contributed by atoms with Crippen LogP contribution in [0.4, 0.5) is 11.4 Å². The Morgan fingerprint density at radius 2 is 1.81 bits per heavy atom. The highest BCUT2D eigenvalue weighted by Gasteiger charge is 2.16. The van der Waals surface area contributed by atoms with Gasteiger partial charge >= 0.3 is 0 Å². The number of anilines is 2. The first-order valence-electron chi connectivity index (χ1n) is 7.22. The van der Waals surface area contributed by atoms with Crippen LogP contribution in [0, 0.1) is 6.92 Å². The van der Waals surface area contributed by atoms with E-state index in [1.54, 1.807) is 4.90 Å². The molecular formula is C18H22N2O. The smallest absolute Gasteiger partial charge is 0.260 e. The van der Waals surface area contributed by atoms with Gasteiger partial charge in [0.15, 0.2) is 0 Å². The predicted octanol–water partition coefficient (Wildman–Crippen LogP) is 3.88. The van der Waals surface area contributed by atoms with Crippen molar-refractivity contribution in [3.05, 3.63) is 59.2 Å². The first-order chi connectivity index (χ1) is 10.1. The molecule has 3 nitrogen and oxygen atoms in total. The third-order valence-corrected chi connectivity index (χ3v) is 3.71. The fourth-order valence-electron chi connectivity index (χ4n) is 2.30. The number of rotatable bonds is 4. The molecule has 2 rings (SSSR count). The summed E-state index contributed by atoms with van der Waals surface area (Å²) in [7, 11) is 3.64. The minimum atomic E-state index is -0.0106. The molecule has 0 bridgehead atoms. The van der Waals surface area contributed by atoms with Gasteiger partial charge in [0, 0.05) is 25.5 Å². The number of nitrogens with one attached hydrogen (secondary N) is 1. The van der Waals surface area contributed by atoms with E-state index >= 15 is 0 Å². The van der Waals surface area contributed by atoms with Crippen molar-refractivity contribution in [3.63, 3.8) is 0 Å². The van der Waals surface area contributed by atoms with E-state index in [1.165, 1.54) is 5.56 Å². The molecule has 0 aliphatic heterocycles. The Kier molecular flexibility index (Phi) is 4.63. The largest absolute Gasteiger partial charge is 0.387 e. The SMILES string of the molecule is CCc1ccc(N(C)C(=O)c2ccc(C)cc2NC)cc1. The topological polar surface area (TPSA) is 32.3 Å². The minimum Gasteiger partial charge on any atom is -0.387 e. The van der Waals surface area contributed by atoms with Crippen molar-refractivity contribution >= 4 is 17.3 Å². The maximum Gasteiger partial charge on any atom is 0.260 e. The molecule has 1 amide bonds. The molecule has 1 N–H and O–H groups in total. The molecule has 110 valence electrons. The van der Waals surface area contributed by atoms with Gasteiger partial charge in [-0.15, -0.1) is 0 Å². The van der Waals surface area contributed by atoms with Crippen molar-refractivity contribution in [2.45, 2.75) is 20.3 Å². The van der Waals surface area contributed by atoms with Gasteiger partial charge in [-0.25, -0.2) is 0 Å². The van der Waals surface area contributed by atoms with Crippen LogP contribution >= 0.6 is 0 Å². The quantitative estimate of drug-likeness (QED) is 0.923. The summed E-state index contributed by atoms with van der Waals surface area (Å²) in [6, 6.07) is 13.9. The van der Waals surface area contributed by atoms with E-state index in [1.807, 2.05) is 51.4 Å². The Bertz CT molecular complexity index is 632. The average molecular weight is 282 g/mol. The Balaban J connectivity index is 2.30. The molecule has 0 fully saturated rings. The number of hydrogen-bond acceptors (Lipinski definition) is 2. The highest BCUT2D eigenvalue weighted by molar-refractivity contribution is 6.09. The number of aryl methyl sites for hydroxylation is 2. The van der Waals surface area contributed by atoms with E-state index < -0.39 is 0 Å². The van der Waals surface area contributed by atoms with Crippen LogP contribution in [0.15, 0.2) is 42.5 Å². The van der Waals surface area contributed by atoms with Crippen LogP contribution < -0.4 is 10.2 Å². The van der Waals surface area contributed by atoms with Crippen molar-refractivity contribution in [1.82, 2.24) is 0 Å². The molecule has 0 saturated carbocycles. The number of nitrogens with zero attached hydrogens (tertiary/aromatic N) is 1. The molecule has 0 aliphatic rings. The summed E-state index contributed by atoms with van der Waals surface area (Å²) >= 11 is 0. The molecule has 0 saturated heterocycles. The normalized spacial score (nSPS) is 10.3. The molecule has 0 spiro atoms. The lowest BCUT2D eigenvalue weighted by Crippen LogP contribution is -2.27. The zero-order chi connectivity index (χ0) is 15.4. The van der Waals surface area contributed by atoms with Gasteiger partial charge < -0.3 is 10.2 Å². The van der Waals surface area contributed by atoms with Crippen LogP contribution in [0.3, 0.4) is 0 Å². The molecule has 3 heteroatoms. The van der Waals surface area contributed by atoms with Gasteiger partial charge in [0.1, 0.15) is 0 Å². The summed E-state index contributed by atoms with van der Waals surface area (Å²) in [6.07, 6.45) is 1.000. The lowest BCUT2D eigenvalue weighted by Gasteiger charge is -2.19. The van der Waals surface area contributed by atoms with Crippen LogP contribution in [0.1, 0.15) is 28.4 Å². The summed E-state index contributed by atoms with van der Waals surface area (Å²) in [5, 5.41) is 3.09. The van der Waals surface area contributed by atoms with E-state index in [-0.39, 0.29) is 5.91 Å². The number of hydrogen-bond donors (Lipinski definition) is 1. The van der Waals surface area contributed by atoms with Gasteiger partial charge in [0.05, 0.1) is 5.56 Å². The van der Waals surface area contributed by atoms with Gasteiger partial charge in [-0.1, -0.05) is 25.1 Å². The van der Waals surface area contributed by atoms with E-state index in [2.05, 4.69) is 24.4 Å². The Hall–Kier alpha value is -2.29. The van der Waals surface area contributed by atoms with E-state index in [0.29, 0.717) is 5.56 Å². The Morgan fingerprint density at radius 3 is 2.38 bits per heavy atom. The summed E-state index contributed by atoms with van der Waals surface area (Å²) in [5.74, 6) is -0.0106. The molecule has 0 unspecified atom stereocenters. The summed E-state index contributed by atoms with van der Waals surface area (Å²) in [4.78, 5) is 14.4. The Labute approximate surface area is 126 Å². The van der Waals surface area contributed by atoms with Gasteiger partial charge in [-0.2, -0.15) is 0 Å². The van der Waals surface area contributed by atoms with Gasteiger partial charge in [-0.3, -0.25) is 4.79 Å². The van der Waals surface area contributed by atoms with Crippen LogP contribution in [0.5, 0.6) is 0 Å². The molecule has 0 atom stereocenters. The fourth-order valence-corrected chi connectivity index (χ4v) is 2.30. The van der Waals surface area contributed by atoms with Crippen molar-refractivity contribution < 1.29 is 4.79 Å². The number of carbonyl (C=O) groups excluding carboxylic acids is 1. The second-order valence-electron chi connectivity index (χ2n) is 5.18. The van der Waals surface area contributed by atoms with Gasteiger partial charge in [0.2, 0.25) is 0 Å². The number of amides is 1. The summed E-state index contributed by atoms with van der Waals surface area (Å²) < 4.78 is 0. The molecule has 2 aromatic carbocycles. The highest BCUT2D eigenvalue weighted by Crippen LogP contribution is 2.22. The van der Waals surface area contributed by atoms with Crippen molar-refractivity contribution in [1.29, 1.82) is 0 Å². The standard InChI is InChI=1S/C18H22N2O/c1-5-14-7-9-15(10-8-14)20(4)18(21)16-11-6-13(2)12-17(16)19-3/h6-12,19H,5H2,1-4H3. The van der Waals surface area contributed by atoms with Gasteiger partial charge in [-0.05, 0) is 48.7 Å². The van der Waals surface area contributed by atoms with Crippen LogP contribution in [-0.4, -0.2) is 20.0 Å². The zero-order valence-corrected chi connectivity index (χ0v) is 13.1.